The molecule has 0 saturated heterocycles. The molecule has 0 atom stereocenters. The van der Waals surface area contributed by atoms with Gasteiger partial charge < -0.3 is 10.1 Å². The number of nitrogens with one attached hydrogen (secondary N) is 1. The fourth-order valence-corrected chi connectivity index (χ4v) is 3.09. The first kappa shape index (κ1) is 18.0. The van der Waals surface area contributed by atoms with Gasteiger partial charge in [-0.1, -0.05) is 18.2 Å². The van der Waals surface area contributed by atoms with E-state index >= 15 is 0 Å². The molecule has 2 aromatic rings. The van der Waals surface area contributed by atoms with Crippen LogP contribution < -0.4 is 10.1 Å². The fraction of sp³-hybridized carbons (Fsp3) is 0.278. The average molecular weight is 347 g/mol. The molecule has 1 N–H and O–H groups in total. The third kappa shape index (κ3) is 5.09. The minimum atomic E-state index is -3.15. The van der Waals surface area contributed by atoms with E-state index in [1.165, 1.54) is 6.26 Å². The van der Waals surface area contributed by atoms with E-state index < -0.39 is 9.84 Å². The number of anilines is 1. The van der Waals surface area contributed by atoms with Gasteiger partial charge in [0.2, 0.25) is 0 Å². The summed E-state index contributed by atoms with van der Waals surface area (Å²) in [7, 11) is -3.15. The average Bonchev–Trinajstić information content (AvgIpc) is 2.49. The van der Waals surface area contributed by atoms with Gasteiger partial charge in [-0.25, -0.2) is 8.42 Å². The predicted molar refractivity (Wildman–Crippen MR) is 95.3 cm³/mol. The number of hydrogen-bond acceptors (Lipinski definition) is 4. The molecule has 6 heteroatoms. The molecule has 0 radical (unpaired) electrons. The monoisotopic (exact) mass is 347 g/mol. The van der Waals surface area contributed by atoms with Crippen molar-refractivity contribution in [1.82, 2.24) is 0 Å². The number of amides is 1. The highest BCUT2D eigenvalue weighted by atomic mass is 32.2. The van der Waals surface area contributed by atoms with Crippen molar-refractivity contribution in [1.29, 1.82) is 0 Å². The van der Waals surface area contributed by atoms with Crippen molar-refractivity contribution < 1.29 is 17.9 Å². The van der Waals surface area contributed by atoms with Crippen LogP contribution in [0, 0.1) is 6.92 Å². The van der Waals surface area contributed by atoms with E-state index in [-0.39, 0.29) is 11.7 Å². The third-order valence-corrected chi connectivity index (χ3v) is 4.16. The van der Waals surface area contributed by atoms with Gasteiger partial charge in [0.25, 0.3) is 5.91 Å². The topological polar surface area (TPSA) is 72.5 Å². The standard InChI is InChI=1S/C18H21NO4S/c1-4-23-17-10-13(2)8-9-16(17)19-18(20)15-7-5-6-14(11-15)12-24(3,21)22/h5-11H,4,12H2,1-3H3,(H,19,20). The van der Waals surface area contributed by atoms with Gasteiger partial charge in [0.05, 0.1) is 18.0 Å². The molecule has 0 bridgehead atoms. The van der Waals surface area contributed by atoms with E-state index in [0.29, 0.717) is 29.2 Å². The van der Waals surface area contributed by atoms with Crippen molar-refractivity contribution in [3.63, 3.8) is 0 Å². The first-order chi connectivity index (χ1) is 11.3. The molecule has 2 rings (SSSR count). The summed E-state index contributed by atoms with van der Waals surface area (Å²) in [5.41, 5.74) is 2.60. The zero-order valence-corrected chi connectivity index (χ0v) is 14.8. The largest absolute Gasteiger partial charge is 0.492 e. The number of hydrogen-bond donors (Lipinski definition) is 1. The fourth-order valence-electron chi connectivity index (χ4n) is 2.31. The SMILES string of the molecule is CCOc1cc(C)ccc1NC(=O)c1cccc(CS(C)(=O)=O)c1. The van der Waals surface area contributed by atoms with Gasteiger partial charge in [-0.3, -0.25) is 4.79 Å². The van der Waals surface area contributed by atoms with E-state index in [1.54, 1.807) is 30.3 Å². The van der Waals surface area contributed by atoms with Crippen molar-refractivity contribution in [2.45, 2.75) is 19.6 Å². The summed E-state index contributed by atoms with van der Waals surface area (Å²) in [4.78, 5) is 12.5. The van der Waals surface area contributed by atoms with Crippen molar-refractivity contribution in [2.24, 2.45) is 0 Å². The highest BCUT2D eigenvalue weighted by Crippen LogP contribution is 2.26. The molecule has 0 spiro atoms. The highest BCUT2D eigenvalue weighted by molar-refractivity contribution is 7.89. The van der Waals surface area contributed by atoms with Crippen LogP contribution in [0.1, 0.15) is 28.4 Å². The number of carbonyl (C=O) groups is 1. The normalized spacial score (nSPS) is 11.1. The van der Waals surface area contributed by atoms with Crippen LogP contribution in [0.25, 0.3) is 0 Å². The molecule has 0 aliphatic carbocycles. The summed E-state index contributed by atoms with van der Waals surface area (Å²) in [6.45, 7) is 4.32. The minimum absolute atomic E-state index is 0.0944. The number of rotatable bonds is 6. The highest BCUT2D eigenvalue weighted by Gasteiger charge is 2.12. The summed E-state index contributed by atoms with van der Waals surface area (Å²) in [5.74, 6) is 0.205. The Balaban J connectivity index is 2.23. The second-order valence-electron chi connectivity index (χ2n) is 5.66. The van der Waals surface area contributed by atoms with Crippen LogP contribution in [0.3, 0.4) is 0 Å². The second-order valence-corrected chi connectivity index (χ2v) is 7.80. The Morgan fingerprint density at radius 3 is 2.58 bits per heavy atom. The van der Waals surface area contributed by atoms with Gasteiger partial charge in [0.1, 0.15) is 5.75 Å². The van der Waals surface area contributed by atoms with Crippen LogP contribution in [-0.4, -0.2) is 27.2 Å². The van der Waals surface area contributed by atoms with Crippen molar-refractivity contribution in [3.8, 4) is 5.75 Å². The zero-order chi connectivity index (χ0) is 17.7. The molecule has 0 aliphatic heterocycles. The quantitative estimate of drug-likeness (QED) is 0.871. The summed E-state index contributed by atoms with van der Waals surface area (Å²) >= 11 is 0. The summed E-state index contributed by atoms with van der Waals surface area (Å²) in [5, 5.41) is 2.82. The lowest BCUT2D eigenvalue weighted by atomic mass is 10.1. The lowest BCUT2D eigenvalue weighted by Crippen LogP contribution is -2.13. The maximum absolute atomic E-state index is 12.5. The molecule has 2 aromatic carbocycles. The van der Waals surface area contributed by atoms with Gasteiger partial charge >= 0.3 is 0 Å². The van der Waals surface area contributed by atoms with Crippen LogP contribution in [-0.2, 0) is 15.6 Å². The van der Waals surface area contributed by atoms with Crippen LogP contribution in [0.5, 0.6) is 5.75 Å². The Labute approximate surface area is 142 Å². The number of carbonyl (C=O) groups excluding carboxylic acids is 1. The Morgan fingerprint density at radius 1 is 1.17 bits per heavy atom. The minimum Gasteiger partial charge on any atom is -0.492 e. The lowest BCUT2D eigenvalue weighted by Gasteiger charge is -2.12. The third-order valence-electron chi connectivity index (χ3n) is 3.30. The second kappa shape index (κ2) is 7.49. The number of benzene rings is 2. The Kier molecular flexibility index (Phi) is 5.62. The van der Waals surface area contributed by atoms with Gasteiger partial charge in [-0.2, -0.15) is 0 Å². The summed E-state index contributed by atoms with van der Waals surface area (Å²) < 4.78 is 28.4. The Bertz CT molecular complexity index is 844. The van der Waals surface area contributed by atoms with E-state index in [4.69, 9.17) is 4.74 Å². The molecule has 0 unspecified atom stereocenters. The smallest absolute Gasteiger partial charge is 0.255 e. The number of aryl methyl sites for hydroxylation is 1. The molecule has 0 aliphatic rings. The van der Waals surface area contributed by atoms with Crippen molar-refractivity contribution in [3.05, 3.63) is 59.2 Å². The Morgan fingerprint density at radius 2 is 1.92 bits per heavy atom. The van der Waals surface area contributed by atoms with E-state index in [9.17, 15) is 13.2 Å². The van der Waals surface area contributed by atoms with Crippen LogP contribution >= 0.6 is 0 Å². The summed E-state index contributed by atoms with van der Waals surface area (Å²) in [6.07, 6.45) is 1.17. The lowest BCUT2D eigenvalue weighted by molar-refractivity contribution is 0.102. The molecular formula is C18H21NO4S. The molecule has 0 aromatic heterocycles. The van der Waals surface area contributed by atoms with Gasteiger partial charge in [0.15, 0.2) is 9.84 Å². The molecule has 0 fully saturated rings. The Hall–Kier alpha value is -2.34. The van der Waals surface area contributed by atoms with E-state index in [1.807, 2.05) is 26.0 Å². The number of sulfone groups is 1. The molecule has 24 heavy (non-hydrogen) atoms. The van der Waals surface area contributed by atoms with Crippen LogP contribution in [0.2, 0.25) is 0 Å². The van der Waals surface area contributed by atoms with Crippen molar-refractivity contribution in [2.75, 3.05) is 18.2 Å². The zero-order valence-electron chi connectivity index (χ0n) is 14.0. The van der Waals surface area contributed by atoms with Crippen molar-refractivity contribution >= 4 is 21.4 Å². The van der Waals surface area contributed by atoms with E-state index in [2.05, 4.69) is 5.32 Å². The number of ether oxygens (including phenoxy) is 1. The van der Waals surface area contributed by atoms with Crippen LogP contribution in [0.15, 0.2) is 42.5 Å². The molecule has 0 saturated carbocycles. The maximum atomic E-state index is 12.5. The van der Waals surface area contributed by atoms with Gasteiger partial charge in [-0.05, 0) is 49.2 Å². The molecule has 128 valence electrons. The first-order valence-corrected chi connectivity index (χ1v) is 9.66. The maximum Gasteiger partial charge on any atom is 0.255 e. The van der Waals surface area contributed by atoms with Gasteiger partial charge in [0, 0.05) is 11.8 Å². The molecule has 5 nitrogen and oxygen atoms in total. The molecular weight excluding hydrogens is 326 g/mol. The predicted octanol–water partition coefficient (Wildman–Crippen LogP) is 3.19. The first-order valence-electron chi connectivity index (χ1n) is 7.60. The molecule has 0 heterocycles. The molecule has 1 amide bonds. The van der Waals surface area contributed by atoms with Gasteiger partial charge in [-0.15, -0.1) is 0 Å². The van der Waals surface area contributed by atoms with E-state index in [0.717, 1.165) is 5.56 Å². The summed E-state index contributed by atoms with van der Waals surface area (Å²) in [6, 6.07) is 12.1. The van der Waals surface area contributed by atoms with Crippen LogP contribution in [0.4, 0.5) is 5.69 Å².